The van der Waals surface area contributed by atoms with Gasteiger partial charge in [0.15, 0.2) is 12.4 Å². The highest BCUT2D eigenvalue weighted by atomic mass is 16.5. The quantitative estimate of drug-likeness (QED) is 0.556. The molecule has 5 nitrogen and oxygen atoms in total. The number of carbonyl (C=O) groups excluding carboxylic acids is 3. The van der Waals surface area contributed by atoms with Gasteiger partial charge in [0.1, 0.15) is 6.04 Å². The molecule has 1 aromatic rings. The third kappa shape index (κ3) is 6.81. The minimum atomic E-state index is -0.708. The zero-order valence-corrected chi connectivity index (χ0v) is 16.6. The van der Waals surface area contributed by atoms with E-state index < -0.39 is 12.0 Å². The van der Waals surface area contributed by atoms with Gasteiger partial charge < -0.3 is 10.1 Å². The average molecular weight is 373 g/mol. The summed E-state index contributed by atoms with van der Waals surface area (Å²) in [4.78, 5) is 37.2. The van der Waals surface area contributed by atoms with Crippen molar-refractivity contribution < 1.29 is 19.1 Å². The number of esters is 1. The zero-order chi connectivity index (χ0) is 19.8. The van der Waals surface area contributed by atoms with Gasteiger partial charge in [-0.1, -0.05) is 51.1 Å². The van der Waals surface area contributed by atoms with Crippen LogP contribution in [0, 0.1) is 17.8 Å². The van der Waals surface area contributed by atoms with Crippen molar-refractivity contribution in [2.45, 2.75) is 58.9 Å². The Morgan fingerprint density at radius 2 is 1.70 bits per heavy atom. The van der Waals surface area contributed by atoms with Crippen molar-refractivity contribution in [2.75, 3.05) is 6.61 Å². The monoisotopic (exact) mass is 373 g/mol. The van der Waals surface area contributed by atoms with Gasteiger partial charge in [-0.15, -0.1) is 0 Å². The normalized spacial score (nSPS) is 20.7. The molecule has 0 radical (unpaired) electrons. The maximum Gasteiger partial charge on any atom is 0.329 e. The van der Waals surface area contributed by atoms with Gasteiger partial charge in [0.05, 0.1) is 0 Å². The highest BCUT2D eigenvalue weighted by Gasteiger charge is 2.29. The summed E-state index contributed by atoms with van der Waals surface area (Å²) in [6, 6.07) is 8.02. The minimum absolute atomic E-state index is 0.0328. The number of nitrogens with one attached hydrogen (secondary N) is 1. The SMILES string of the molecule is CC(C)C[C@@H](NC(=O)C1CCC(C)CC1)C(=O)OCC(=O)c1ccccc1. The van der Waals surface area contributed by atoms with Gasteiger partial charge in [0, 0.05) is 11.5 Å². The van der Waals surface area contributed by atoms with Crippen LogP contribution >= 0.6 is 0 Å². The molecule has 5 heteroatoms. The molecule has 2 rings (SSSR count). The second kappa shape index (κ2) is 10.2. The van der Waals surface area contributed by atoms with Crippen LogP contribution in [-0.2, 0) is 14.3 Å². The largest absolute Gasteiger partial charge is 0.456 e. The van der Waals surface area contributed by atoms with E-state index in [-0.39, 0.29) is 30.1 Å². The first-order chi connectivity index (χ1) is 12.9. The number of ketones is 1. The number of rotatable bonds is 8. The fraction of sp³-hybridized carbons (Fsp3) is 0.591. The van der Waals surface area contributed by atoms with E-state index in [0.717, 1.165) is 25.7 Å². The smallest absolute Gasteiger partial charge is 0.329 e. The van der Waals surface area contributed by atoms with E-state index in [4.69, 9.17) is 4.74 Å². The summed E-state index contributed by atoms with van der Waals surface area (Å²) in [6.45, 7) is 5.87. The number of amides is 1. The number of ether oxygens (including phenoxy) is 1. The first-order valence-electron chi connectivity index (χ1n) is 9.92. The minimum Gasteiger partial charge on any atom is -0.456 e. The van der Waals surface area contributed by atoms with Gasteiger partial charge >= 0.3 is 5.97 Å². The van der Waals surface area contributed by atoms with Crippen LogP contribution in [0.1, 0.15) is 63.2 Å². The van der Waals surface area contributed by atoms with Crippen LogP contribution < -0.4 is 5.32 Å². The molecule has 1 atom stereocenters. The molecule has 1 fully saturated rings. The Morgan fingerprint density at radius 1 is 1.07 bits per heavy atom. The van der Waals surface area contributed by atoms with Crippen molar-refractivity contribution in [3.8, 4) is 0 Å². The first kappa shape index (κ1) is 21.1. The predicted octanol–water partition coefficient (Wildman–Crippen LogP) is 3.77. The van der Waals surface area contributed by atoms with Crippen molar-refractivity contribution in [3.63, 3.8) is 0 Å². The maximum atomic E-state index is 12.6. The van der Waals surface area contributed by atoms with Crippen LogP contribution in [0.2, 0.25) is 0 Å². The van der Waals surface area contributed by atoms with Crippen molar-refractivity contribution in [2.24, 2.45) is 17.8 Å². The molecule has 0 heterocycles. The van der Waals surface area contributed by atoms with Crippen LogP contribution in [0.5, 0.6) is 0 Å². The van der Waals surface area contributed by atoms with Gasteiger partial charge in [-0.3, -0.25) is 9.59 Å². The molecule has 0 bridgehead atoms. The van der Waals surface area contributed by atoms with E-state index in [0.29, 0.717) is 17.9 Å². The Morgan fingerprint density at radius 3 is 2.30 bits per heavy atom. The van der Waals surface area contributed by atoms with E-state index in [1.807, 2.05) is 19.9 Å². The second-order valence-electron chi connectivity index (χ2n) is 8.04. The summed E-state index contributed by atoms with van der Waals surface area (Å²) in [5.41, 5.74) is 0.506. The summed E-state index contributed by atoms with van der Waals surface area (Å²) in [5, 5.41) is 2.87. The standard InChI is InChI=1S/C22H31NO4/c1-15(2)13-19(23-21(25)18-11-9-16(3)10-12-18)22(26)27-14-20(24)17-7-5-4-6-8-17/h4-8,15-16,18-19H,9-14H2,1-3H3,(H,23,25)/t16?,18?,19-/m1/s1. The highest BCUT2D eigenvalue weighted by Crippen LogP contribution is 2.28. The Hall–Kier alpha value is -2.17. The Kier molecular flexibility index (Phi) is 8.01. The lowest BCUT2D eigenvalue weighted by molar-refractivity contribution is -0.148. The summed E-state index contributed by atoms with van der Waals surface area (Å²) in [7, 11) is 0. The summed E-state index contributed by atoms with van der Waals surface area (Å²) < 4.78 is 5.22. The number of carbonyl (C=O) groups is 3. The van der Waals surface area contributed by atoms with Crippen molar-refractivity contribution >= 4 is 17.7 Å². The van der Waals surface area contributed by atoms with Crippen LogP contribution in [0.25, 0.3) is 0 Å². The summed E-state index contributed by atoms with van der Waals surface area (Å²) in [6.07, 6.45) is 4.31. The molecule has 1 aliphatic rings. The highest BCUT2D eigenvalue weighted by molar-refractivity contribution is 5.98. The molecule has 27 heavy (non-hydrogen) atoms. The van der Waals surface area contributed by atoms with E-state index in [9.17, 15) is 14.4 Å². The molecule has 1 aliphatic carbocycles. The molecule has 1 saturated carbocycles. The molecule has 0 aliphatic heterocycles. The van der Waals surface area contributed by atoms with Gasteiger partial charge in [-0.05, 0) is 43.9 Å². The molecule has 0 saturated heterocycles. The molecule has 0 spiro atoms. The van der Waals surface area contributed by atoms with Gasteiger partial charge in [0.2, 0.25) is 5.91 Å². The van der Waals surface area contributed by atoms with Gasteiger partial charge in [-0.2, -0.15) is 0 Å². The van der Waals surface area contributed by atoms with Crippen LogP contribution in [0.3, 0.4) is 0 Å². The first-order valence-corrected chi connectivity index (χ1v) is 9.92. The van der Waals surface area contributed by atoms with Crippen LogP contribution in [0.15, 0.2) is 30.3 Å². The zero-order valence-electron chi connectivity index (χ0n) is 16.6. The van der Waals surface area contributed by atoms with Crippen molar-refractivity contribution in [3.05, 3.63) is 35.9 Å². The Bertz CT molecular complexity index is 633. The summed E-state index contributed by atoms with van der Waals surface area (Å²) >= 11 is 0. The van der Waals surface area contributed by atoms with Gasteiger partial charge in [-0.25, -0.2) is 4.79 Å². The topological polar surface area (TPSA) is 72.5 Å². The molecular formula is C22H31NO4. The van der Waals surface area contributed by atoms with E-state index in [1.54, 1.807) is 24.3 Å². The molecule has 0 aromatic heterocycles. The third-order valence-corrected chi connectivity index (χ3v) is 5.14. The fourth-order valence-electron chi connectivity index (χ4n) is 3.44. The molecule has 148 valence electrons. The lowest BCUT2D eigenvalue weighted by Gasteiger charge is -2.27. The van der Waals surface area contributed by atoms with E-state index in [2.05, 4.69) is 12.2 Å². The van der Waals surface area contributed by atoms with Crippen molar-refractivity contribution in [1.82, 2.24) is 5.32 Å². The van der Waals surface area contributed by atoms with Crippen molar-refractivity contribution in [1.29, 1.82) is 0 Å². The van der Waals surface area contributed by atoms with E-state index in [1.165, 1.54) is 0 Å². The van der Waals surface area contributed by atoms with Crippen LogP contribution in [0.4, 0.5) is 0 Å². The Labute approximate surface area is 161 Å². The fourth-order valence-corrected chi connectivity index (χ4v) is 3.44. The van der Waals surface area contributed by atoms with Gasteiger partial charge in [0.25, 0.3) is 0 Å². The number of benzene rings is 1. The molecule has 0 unspecified atom stereocenters. The molecule has 1 amide bonds. The molecule has 1 N–H and O–H groups in total. The second-order valence-corrected chi connectivity index (χ2v) is 8.04. The lowest BCUT2D eigenvalue weighted by atomic mass is 9.82. The third-order valence-electron chi connectivity index (χ3n) is 5.14. The van der Waals surface area contributed by atoms with Crippen LogP contribution in [-0.4, -0.2) is 30.3 Å². The lowest BCUT2D eigenvalue weighted by Crippen LogP contribution is -2.46. The number of Topliss-reactive ketones (excluding diaryl/α,β-unsaturated/α-hetero) is 1. The number of hydrogen-bond acceptors (Lipinski definition) is 4. The van der Waals surface area contributed by atoms with E-state index >= 15 is 0 Å². The molecule has 1 aromatic carbocycles. The predicted molar refractivity (Wildman–Crippen MR) is 104 cm³/mol. The molecular weight excluding hydrogens is 342 g/mol. The summed E-state index contributed by atoms with van der Waals surface area (Å²) in [5.74, 6) is -0.00706. The average Bonchev–Trinajstić information content (AvgIpc) is 2.66. The maximum absolute atomic E-state index is 12.6. The Balaban J connectivity index is 1.90. The number of hydrogen-bond donors (Lipinski definition) is 1.